The topological polar surface area (TPSA) is 69.0 Å². The predicted octanol–water partition coefficient (Wildman–Crippen LogP) is 3.37. The number of pyridine rings is 1. The average Bonchev–Trinajstić information content (AvgIpc) is 3.03. The molecule has 3 rings (SSSR count). The Balaban J connectivity index is 1.70. The number of amides is 1. The number of hydrogen-bond acceptors (Lipinski definition) is 4. The first-order valence-corrected chi connectivity index (χ1v) is 7.98. The molecule has 0 saturated carbocycles. The van der Waals surface area contributed by atoms with E-state index in [4.69, 9.17) is 4.74 Å². The highest BCUT2D eigenvalue weighted by molar-refractivity contribution is 5.96. The number of anilines is 1. The number of aromatic nitrogens is 3. The van der Waals surface area contributed by atoms with Crippen LogP contribution in [-0.2, 0) is 4.79 Å². The Kier molecular flexibility index (Phi) is 4.52. The second-order valence-electron chi connectivity index (χ2n) is 6.22. The van der Waals surface area contributed by atoms with Crippen molar-refractivity contribution in [1.82, 2.24) is 14.8 Å². The molecule has 128 valence electrons. The van der Waals surface area contributed by atoms with Gasteiger partial charge in [0.05, 0.1) is 5.69 Å². The van der Waals surface area contributed by atoms with E-state index in [1.807, 2.05) is 43.3 Å². The lowest BCUT2D eigenvalue weighted by atomic mass is 10.1. The molecule has 1 N–H and O–H groups in total. The predicted molar refractivity (Wildman–Crippen MR) is 95.9 cm³/mol. The summed E-state index contributed by atoms with van der Waals surface area (Å²) >= 11 is 0. The van der Waals surface area contributed by atoms with Crippen LogP contribution in [0.5, 0.6) is 5.88 Å². The van der Waals surface area contributed by atoms with Crippen molar-refractivity contribution in [2.24, 2.45) is 0 Å². The summed E-state index contributed by atoms with van der Waals surface area (Å²) in [5.41, 5.74) is 0.843. The summed E-state index contributed by atoms with van der Waals surface area (Å²) in [4.78, 5) is 16.7. The van der Waals surface area contributed by atoms with Crippen LogP contribution in [-0.4, -0.2) is 26.3 Å². The molecule has 25 heavy (non-hydrogen) atoms. The van der Waals surface area contributed by atoms with E-state index in [1.165, 1.54) is 0 Å². The van der Waals surface area contributed by atoms with E-state index in [2.05, 4.69) is 15.4 Å². The van der Waals surface area contributed by atoms with Gasteiger partial charge < -0.3 is 10.1 Å². The number of aryl methyl sites for hydroxylation is 1. The van der Waals surface area contributed by atoms with Crippen molar-refractivity contribution in [3.63, 3.8) is 0 Å². The maximum Gasteiger partial charge on any atom is 0.269 e. The molecular weight excluding hydrogens is 316 g/mol. The summed E-state index contributed by atoms with van der Waals surface area (Å²) in [5, 5.41) is 7.14. The van der Waals surface area contributed by atoms with Gasteiger partial charge in [0, 0.05) is 18.5 Å². The highest BCUT2D eigenvalue weighted by Gasteiger charge is 2.31. The third-order valence-electron chi connectivity index (χ3n) is 3.65. The molecule has 2 heterocycles. The molecule has 0 atom stereocenters. The molecule has 2 aromatic heterocycles. The zero-order valence-electron chi connectivity index (χ0n) is 14.4. The zero-order valence-corrected chi connectivity index (χ0v) is 14.4. The van der Waals surface area contributed by atoms with Crippen LogP contribution >= 0.6 is 0 Å². The van der Waals surface area contributed by atoms with E-state index in [0.29, 0.717) is 11.7 Å². The van der Waals surface area contributed by atoms with E-state index in [-0.39, 0.29) is 5.91 Å². The summed E-state index contributed by atoms with van der Waals surface area (Å²) in [6, 6.07) is 15.1. The Hall–Kier alpha value is -3.15. The molecule has 3 aromatic rings. The molecule has 1 aromatic carbocycles. The molecule has 0 unspecified atom stereocenters. The van der Waals surface area contributed by atoms with Crippen LogP contribution < -0.4 is 10.1 Å². The lowest BCUT2D eigenvalue weighted by Gasteiger charge is -2.23. The largest absolute Gasteiger partial charge is 0.460 e. The second kappa shape index (κ2) is 6.76. The van der Waals surface area contributed by atoms with Gasteiger partial charge in [0.1, 0.15) is 5.82 Å². The van der Waals surface area contributed by atoms with Gasteiger partial charge in [-0.1, -0.05) is 18.2 Å². The molecule has 1 amide bonds. The first kappa shape index (κ1) is 16.7. The third-order valence-corrected chi connectivity index (χ3v) is 3.65. The van der Waals surface area contributed by atoms with Gasteiger partial charge in [0.15, 0.2) is 5.60 Å². The highest BCUT2D eigenvalue weighted by atomic mass is 16.5. The zero-order chi connectivity index (χ0) is 17.9. The molecule has 0 radical (unpaired) electrons. The van der Waals surface area contributed by atoms with Crippen LogP contribution in [0.1, 0.15) is 19.4 Å². The SMILES string of the molecule is Cc1ccnc(NC(=O)C(C)(C)Oc2ccn(-c3ccccc3)n2)c1. The fourth-order valence-electron chi connectivity index (χ4n) is 2.27. The number of hydrogen-bond donors (Lipinski definition) is 1. The Labute approximate surface area is 146 Å². The van der Waals surface area contributed by atoms with Gasteiger partial charge in [0.25, 0.3) is 5.91 Å². The lowest BCUT2D eigenvalue weighted by molar-refractivity contribution is -0.128. The monoisotopic (exact) mass is 336 g/mol. The maximum absolute atomic E-state index is 12.5. The molecule has 0 aliphatic carbocycles. The van der Waals surface area contributed by atoms with E-state index in [0.717, 1.165) is 11.3 Å². The molecule has 0 bridgehead atoms. The smallest absolute Gasteiger partial charge is 0.269 e. The molecule has 0 aliphatic rings. The molecule has 0 spiro atoms. The first-order valence-electron chi connectivity index (χ1n) is 7.98. The second-order valence-corrected chi connectivity index (χ2v) is 6.22. The normalized spacial score (nSPS) is 11.2. The van der Waals surface area contributed by atoms with Gasteiger partial charge in [-0.2, -0.15) is 0 Å². The summed E-state index contributed by atoms with van der Waals surface area (Å²) in [6.45, 7) is 5.33. The number of nitrogens with one attached hydrogen (secondary N) is 1. The third kappa shape index (κ3) is 4.03. The van der Waals surface area contributed by atoms with Gasteiger partial charge in [-0.05, 0) is 50.6 Å². The van der Waals surface area contributed by atoms with Crippen molar-refractivity contribution in [3.05, 3.63) is 66.5 Å². The van der Waals surface area contributed by atoms with Crippen molar-refractivity contribution >= 4 is 11.7 Å². The summed E-state index contributed by atoms with van der Waals surface area (Å²) in [7, 11) is 0. The molecular formula is C19H20N4O2. The number of carbonyl (C=O) groups is 1. The minimum Gasteiger partial charge on any atom is -0.460 e. The van der Waals surface area contributed by atoms with Crippen LogP contribution in [0, 0.1) is 6.92 Å². The van der Waals surface area contributed by atoms with Crippen LogP contribution in [0.15, 0.2) is 60.9 Å². The number of para-hydroxylation sites is 1. The van der Waals surface area contributed by atoms with Gasteiger partial charge in [-0.15, -0.1) is 5.10 Å². The van der Waals surface area contributed by atoms with E-state index in [1.54, 1.807) is 43.1 Å². The Morgan fingerprint density at radius 2 is 1.92 bits per heavy atom. The summed E-state index contributed by atoms with van der Waals surface area (Å²) in [6.07, 6.45) is 3.45. The number of ether oxygens (including phenoxy) is 1. The number of benzene rings is 1. The average molecular weight is 336 g/mol. The van der Waals surface area contributed by atoms with Crippen molar-refractivity contribution in [1.29, 1.82) is 0 Å². The van der Waals surface area contributed by atoms with Crippen molar-refractivity contribution in [2.75, 3.05) is 5.32 Å². The van der Waals surface area contributed by atoms with E-state index < -0.39 is 5.60 Å². The molecule has 6 heteroatoms. The van der Waals surface area contributed by atoms with E-state index >= 15 is 0 Å². The van der Waals surface area contributed by atoms with Crippen molar-refractivity contribution in [3.8, 4) is 11.6 Å². The minimum absolute atomic E-state index is 0.292. The standard InChI is InChI=1S/C19H20N4O2/c1-14-9-11-20-16(13-14)21-18(24)19(2,3)25-17-10-12-23(22-17)15-7-5-4-6-8-15/h4-13H,1-3H3,(H,20,21,24). The molecule has 0 fully saturated rings. The van der Waals surface area contributed by atoms with Crippen molar-refractivity contribution in [2.45, 2.75) is 26.4 Å². The fourth-order valence-corrected chi connectivity index (χ4v) is 2.27. The molecule has 0 saturated heterocycles. The van der Waals surface area contributed by atoms with Crippen molar-refractivity contribution < 1.29 is 9.53 Å². The van der Waals surface area contributed by atoms with Crippen LogP contribution in [0.4, 0.5) is 5.82 Å². The molecule has 6 nitrogen and oxygen atoms in total. The summed E-state index contributed by atoms with van der Waals surface area (Å²) < 4.78 is 7.50. The van der Waals surface area contributed by atoms with Gasteiger partial charge >= 0.3 is 0 Å². The van der Waals surface area contributed by atoms with Gasteiger partial charge in [0.2, 0.25) is 5.88 Å². The Bertz CT molecular complexity index is 872. The quantitative estimate of drug-likeness (QED) is 0.775. The van der Waals surface area contributed by atoms with Crippen LogP contribution in [0.25, 0.3) is 5.69 Å². The number of carbonyl (C=O) groups excluding carboxylic acids is 1. The van der Waals surface area contributed by atoms with Crippen LogP contribution in [0.2, 0.25) is 0 Å². The Morgan fingerprint density at radius 1 is 1.16 bits per heavy atom. The summed E-state index contributed by atoms with van der Waals surface area (Å²) in [5.74, 6) is 0.581. The maximum atomic E-state index is 12.5. The van der Waals surface area contributed by atoms with Gasteiger partial charge in [-0.3, -0.25) is 4.79 Å². The lowest BCUT2D eigenvalue weighted by Crippen LogP contribution is -2.42. The number of rotatable bonds is 5. The molecule has 0 aliphatic heterocycles. The van der Waals surface area contributed by atoms with Crippen LogP contribution in [0.3, 0.4) is 0 Å². The highest BCUT2D eigenvalue weighted by Crippen LogP contribution is 2.19. The first-order chi connectivity index (χ1) is 11.9. The fraction of sp³-hybridized carbons (Fsp3) is 0.211. The van der Waals surface area contributed by atoms with Gasteiger partial charge in [-0.25, -0.2) is 9.67 Å². The van der Waals surface area contributed by atoms with E-state index in [9.17, 15) is 4.79 Å². The Morgan fingerprint density at radius 3 is 2.64 bits per heavy atom. The minimum atomic E-state index is -1.10. The number of nitrogens with zero attached hydrogens (tertiary/aromatic N) is 3.